The standard InChI is InChI=1S/C17H19FN2O5/c18-12-4-3-11(20-7-8-25-16(20)24)9-13(12)19-14(21)10-17(15(22)23)5-1-2-6-17/h3-4,9H,1-2,5-8,10H2,(H,19,21)(H,22,23). The largest absolute Gasteiger partial charge is 0.481 e. The monoisotopic (exact) mass is 350 g/mol. The molecule has 1 aromatic rings. The van der Waals surface area contributed by atoms with Gasteiger partial charge in [-0.2, -0.15) is 0 Å². The zero-order valence-electron chi connectivity index (χ0n) is 13.6. The molecule has 2 fully saturated rings. The molecular weight excluding hydrogens is 331 g/mol. The lowest BCUT2D eigenvalue weighted by Crippen LogP contribution is -2.33. The average Bonchev–Trinajstić information content (AvgIpc) is 3.19. The number of carboxylic acids is 1. The van der Waals surface area contributed by atoms with Crippen molar-refractivity contribution in [1.82, 2.24) is 0 Å². The maximum atomic E-state index is 14.0. The van der Waals surface area contributed by atoms with Crippen molar-refractivity contribution >= 4 is 29.3 Å². The van der Waals surface area contributed by atoms with Crippen molar-refractivity contribution in [3.05, 3.63) is 24.0 Å². The molecule has 0 unspecified atom stereocenters. The van der Waals surface area contributed by atoms with Crippen LogP contribution in [0.5, 0.6) is 0 Å². The second kappa shape index (κ2) is 6.70. The number of carbonyl (C=O) groups is 3. The van der Waals surface area contributed by atoms with Gasteiger partial charge < -0.3 is 15.2 Å². The summed E-state index contributed by atoms with van der Waals surface area (Å²) in [6.07, 6.45) is 1.69. The minimum Gasteiger partial charge on any atom is -0.481 e. The van der Waals surface area contributed by atoms with Gasteiger partial charge in [0.15, 0.2) is 0 Å². The van der Waals surface area contributed by atoms with E-state index < -0.39 is 29.2 Å². The second-order valence-corrected chi connectivity index (χ2v) is 6.45. The van der Waals surface area contributed by atoms with Gasteiger partial charge in [0, 0.05) is 12.1 Å². The van der Waals surface area contributed by atoms with Gasteiger partial charge in [-0.25, -0.2) is 9.18 Å². The van der Waals surface area contributed by atoms with E-state index in [2.05, 4.69) is 5.32 Å². The summed E-state index contributed by atoms with van der Waals surface area (Å²) < 4.78 is 18.9. The second-order valence-electron chi connectivity index (χ2n) is 6.45. The number of anilines is 2. The number of cyclic esters (lactones) is 1. The maximum Gasteiger partial charge on any atom is 0.414 e. The van der Waals surface area contributed by atoms with Gasteiger partial charge >= 0.3 is 12.1 Å². The van der Waals surface area contributed by atoms with E-state index in [9.17, 15) is 23.9 Å². The molecule has 1 heterocycles. The molecule has 0 spiro atoms. The smallest absolute Gasteiger partial charge is 0.414 e. The SMILES string of the molecule is O=C(CC1(C(=O)O)CCCC1)Nc1cc(N2CCOC2=O)ccc1F. The minimum atomic E-state index is -1.07. The van der Waals surface area contributed by atoms with E-state index in [1.165, 1.54) is 17.0 Å². The molecule has 8 heteroatoms. The molecule has 25 heavy (non-hydrogen) atoms. The number of aliphatic carboxylic acids is 1. The summed E-state index contributed by atoms with van der Waals surface area (Å²) in [5.74, 6) is -2.20. The third-order valence-corrected chi connectivity index (χ3v) is 4.81. The molecule has 7 nitrogen and oxygen atoms in total. The van der Waals surface area contributed by atoms with E-state index >= 15 is 0 Å². The first-order valence-corrected chi connectivity index (χ1v) is 8.18. The number of halogens is 1. The van der Waals surface area contributed by atoms with E-state index in [-0.39, 0.29) is 18.7 Å². The summed E-state index contributed by atoms with van der Waals surface area (Å²) in [5, 5.41) is 11.9. The molecule has 1 aliphatic carbocycles. The lowest BCUT2D eigenvalue weighted by Gasteiger charge is -2.23. The van der Waals surface area contributed by atoms with Crippen LogP contribution in [-0.2, 0) is 14.3 Å². The van der Waals surface area contributed by atoms with E-state index in [1.54, 1.807) is 0 Å². The normalized spacial score (nSPS) is 18.9. The Morgan fingerprint density at radius 1 is 1.32 bits per heavy atom. The molecule has 134 valence electrons. The van der Waals surface area contributed by atoms with Crippen LogP contribution < -0.4 is 10.2 Å². The van der Waals surface area contributed by atoms with Gasteiger partial charge in [0.25, 0.3) is 0 Å². The van der Waals surface area contributed by atoms with Gasteiger partial charge in [-0.15, -0.1) is 0 Å². The minimum absolute atomic E-state index is 0.0827. The maximum absolute atomic E-state index is 14.0. The predicted molar refractivity (Wildman–Crippen MR) is 86.9 cm³/mol. The first kappa shape index (κ1) is 17.2. The number of nitrogens with zero attached hydrogens (tertiary/aromatic N) is 1. The van der Waals surface area contributed by atoms with Crippen molar-refractivity contribution in [3.8, 4) is 0 Å². The molecule has 2 aliphatic rings. The van der Waals surface area contributed by atoms with Crippen LogP contribution in [0.3, 0.4) is 0 Å². The Kier molecular flexibility index (Phi) is 4.61. The van der Waals surface area contributed by atoms with E-state index in [0.29, 0.717) is 25.1 Å². The topological polar surface area (TPSA) is 95.9 Å². The van der Waals surface area contributed by atoms with Crippen molar-refractivity contribution < 1.29 is 28.6 Å². The number of carbonyl (C=O) groups excluding carboxylic acids is 2. The number of amides is 2. The Bertz CT molecular complexity index is 715. The Morgan fingerprint density at radius 3 is 2.64 bits per heavy atom. The van der Waals surface area contributed by atoms with Crippen LogP contribution in [0.2, 0.25) is 0 Å². The molecule has 0 atom stereocenters. The number of hydrogen-bond donors (Lipinski definition) is 2. The molecule has 2 N–H and O–H groups in total. The van der Waals surface area contributed by atoms with Crippen molar-refractivity contribution in [3.63, 3.8) is 0 Å². The van der Waals surface area contributed by atoms with E-state index in [1.807, 2.05) is 0 Å². The van der Waals surface area contributed by atoms with Crippen LogP contribution >= 0.6 is 0 Å². The Morgan fingerprint density at radius 2 is 2.04 bits per heavy atom. The molecule has 0 bridgehead atoms. The highest BCUT2D eigenvalue weighted by Crippen LogP contribution is 2.41. The fraction of sp³-hybridized carbons (Fsp3) is 0.471. The van der Waals surface area contributed by atoms with Crippen molar-refractivity contribution in [2.75, 3.05) is 23.4 Å². The Labute approximate surface area is 143 Å². The van der Waals surface area contributed by atoms with Gasteiger partial charge in [-0.3, -0.25) is 14.5 Å². The lowest BCUT2D eigenvalue weighted by molar-refractivity contribution is -0.150. The molecule has 3 rings (SSSR count). The molecule has 0 radical (unpaired) electrons. The number of benzene rings is 1. The van der Waals surface area contributed by atoms with Crippen LogP contribution in [0.1, 0.15) is 32.1 Å². The highest BCUT2D eigenvalue weighted by Gasteiger charge is 2.43. The molecule has 1 aromatic carbocycles. The van der Waals surface area contributed by atoms with Gasteiger partial charge in [0.1, 0.15) is 12.4 Å². The summed E-state index contributed by atoms with van der Waals surface area (Å²) in [7, 11) is 0. The van der Waals surface area contributed by atoms with Crippen molar-refractivity contribution in [1.29, 1.82) is 0 Å². The highest BCUT2D eigenvalue weighted by atomic mass is 19.1. The molecule has 1 saturated heterocycles. The highest BCUT2D eigenvalue weighted by molar-refractivity contribution is 5.96. The quantitative estimate of drug-likeness (QED) is 0.851. The van der Waals surface area contributed by atoms with Crippen LogP contribution in [0.4, 0.5) is 20.6 Å². The average molecular weight is 350 g/mol. The number of hydrogen-bond acceptors (Lipinski definition) is 4. The zero-order valence-corrected chi connectivity index (χ0v) is 13.6. The zero-order chi connectivity index (χ0) is 18.0. The third-order valence-electron chi connectivity index (χ3n) is 4.81. The van der Waals surface area contributed by atoms with E-state index in [4.69, 9.17) is 4.74 Å². The van der Waals surface area contributed by atoms with Crippen LogP contribution in [0.25, 0.3) is 0 Å². The van der Waals surface area contributed by atoms with Crippen molar-refractivity contribution in [2.45, 2.75) is 32.1 Å². The summed E-state index contributed by atoms with van der Waals surface area (Å²) in [6.45, 7) is 0.596. The first-order chi connectivity index (χ1) is 11.9. The fourth-order valence-electron chi connectivity index (χ4n) is 3.42. The molecular formula is C17H19FN2O5. The fourth-order valence-corrected chi connectivity index (χ4v) is 3.42. The summed E-state index contributed by atoms with van der Waals surface area (Å²) in [6, 6.07) is 3.92. The summed E-state index contributed by atoms with van der Waals surface area (Å²) in [4.78, 5) is 36.7. The lowest BCUT2D eigenvalue weighted by atomic mass is 9.82. The molecule has 2 amide bonds. The number of nitrogens with one attached hydrogen (secondary N) is 1. The van der Waals surface area contributed by atoms with Gasteiger partial charge in [0.2, 0.25) is 5.91 Å². The van der Waals surface area contributed by atoms with E-state index in [0.717, 1.165) is 18.9 Å². The predicted octanol–water partition coefficient (Wildman–Crippen LogP) is 2.76. The Hall–Kier alpha value is -2.64. The van der Waals surface area contributed by atoms with Crippen LogP contribution in [-0.4, -0.2) is 36.2 Å². The van der Waals surface area contributed by atoms with Crippen LogP contribution in [0.15, 0.2) is 18.2 Å². The molecule has 1 saturated carbocycles. The number of carboxylic acid groups (broad SMARTS) is 1. The van der Waals surface area contributed by atoms with Gasteiger partial charge in [-0.1, -0.05) is 12.8 Å². The van der Waals surface area contributed by atoms with Crippen molar-refractivity contribution in [2.24, 2.45) is 5.41 Å². The summed E-state index contributed by atoms with van der Waals surface area (Å²) in [5.41, 5.74) is -0.745. The van der Waals surface area contributed by atoms with Gasteiger partial charge in [0.05, 0.1) is 17.6 Å². The van der Waals surface area contributed by atoms with Gasteiger partial charge in [-0.05, 0) is 31.0 Å². The summed E-state index contributed by atoms with van der Waals surface area (Å²) >= 11 is 0. The van der Waals surface area contributed by atoms with Crippen LogP contribution in [0, 0.1) is 11.2 Å². The third kappa shape index (κ3) is 3.42. The molecule has 1 aliphatic heterocycles. The molecule has 0 aromatic heterocycles. The number of ether oxygens (including phenoxy) is 1. The number of rotatable bonds is 5. The Balaban J connectivity index is 1.74. The first-order valence-electron chi connectivity index (χ1n) is 8.18.